The van der Waals surface area contributed by atoms with Crippen LogP contribution in [0.2, 0.25) is 0 Å². The molecule has 26 heavy (non-hydrogen) atoms. The summed E-state index contributed by atoms with van der Waals surface area (Å²) in [7, 11) is 1.38. The van der Waals surface area contributed by atoms with E-state index in [1.54, 1.807) is 11.3 Å². The lowest BCUT2D eigenvalue weighted by Crippen LogP contribution is -2.28. The number of rotatable bonds is 8. The molecule has 0 aliphatic rings. The molecular weight excluding hydrogens is 346 g/mol. The molecule has 0 bridgehead atoms. The van der Waals surface area contributed by atoms with Crippen molar-refractivity contribution in [3.63, 3.8) is 0 Å². The van der Waals surface area contributed by atoms with Gasteiger partial charge >= 0.3 is 5.97 Å². The average molecular weight is 367 g/mol. The highest BCUT2D eigenvalue weighted by Gasteiger charge is 2.10. The minimum Gasteiger partial charge on any atom is -0.492 e. The summed E-state index contributed by atoms with van der Waals surface area (Å²) in [4.78, 5) is 12.3. The Balaban J connectivity index is 1.74. The number of esters is 1. The summed E-state index contributed by atoms with van der Waals surface area (Å²) in [6.07, 6.45) is 0. The molecule has 3 rings (SSSR count). The largest absolute Gasteiger partial charge is 0.492 e. The smallest absolute Gasteiger partial charge is 0.319 e. The molecule has 1 heterocycles. The van der Waals surface area contributed by atoms with E-state index >= 15 is 0 Å². The van der Waals surface area contributed by atoms with Crippen LogP contribution in [0.5, 0.6) is 5.75 Å². The van der Waals surface area contributed by atoms with Gasteiger partial charge in [-0.05, 0) is 34.7 Å². The number of thiophene rings is 1. The van der Waals surface area contributed by atoms with E-state index in [-0.39, 0.29) is 12.5 Å². The first-order valence-corrected chi connectivity index (χ1v) is 9.29. The van der Waals surface area contributed by atoms with Gasteiger partial charge in [-0.3, -0.25) is 4.79 Å². The lowest BCUT2D eigenvalue weighted by atomic mass is 10.0. The summed E-state index contributed by atoms with van der Waals surface area (Å²) in [5.74, 6) is 0.559. The van der Waals surface area contributed by atoms with Gasteiger partial charge in [0.1, 0.15) is 12.4 Å². The fraction of sp³-hybridized carbons (Fsp3) is 0.190. The Morgan fingerprint density at radius 1 is 1.04 bits per heavy atom. The molecule has 0 atom stereocenters. The number of methoxy groups -OCH3 is 1. The summed E-state index contributed by atoms with van der Waals surface area (Å²) in [5, 5.41) is 5.06. The van der Waals surface area contributed by atoms with Gasteiger partial charge in [0.15, 0.2) is 0 Å². The summed E-state index contributed by atoms with van der Waals surface area (Å²) >= 11 is 1.69. The second kappa shape index (κ2) is 9.17. The highest BCUT2D eigenvalue weighted by Crippen LogP contribution is 2.36. The molecule has 0 radical (unpaired) electrons. The number of ether oxygens (including phenoxy) is 2. The van der Waals surface area contributed by atoms with Gasteiger partial charge in [0.25, 0.3) is 0 Å². The average Bonchev–Trinajstić information content (AvgIpc) is 3.23. The zero-order valence-corrected chi connectivity index (χ0v) is 15.4. The van der Waals surface area contributed by atoms with Gasteiger partial charge in [0.2, 0.25) is 0 Å². The van der Waals surface area contributed by atoms with Gasteiger partial charge in [-0.1, -0.05) is 42.5 Å². The third-order valence-corrected chi connectivity index (χ3v) is 4.81. The first kappa shape index (κ1) is 18.2. The lowest BCUT2D eigenvalue weighted by molar-refractivity contribution is -0.139. The second-order valence-electron chi connectivity index (χ2n) is 5.66. The lowest BCUT2D eigenvalue weighted by Gasteiger charge is -2.13. The van der Waals surface area contributed by atoms with E-state index in [1.807, 2.05) is 30.3 Å². The van der Waals surface area contributed by atoms with Gasteiger partial charge in [-0.25, -0.2) is 0 Å². The molecule has 0 saturated heterocycles. The van der Waals surface area contributed by atoms with Crippen molar-refractivity contribution in [1.29, 1.82) is 0 Å². The zero-order chi connectivity index (χ0) is 18.2. The van der Waals surface area contributed by atoms with Crippen LogP contribution >= 0.6 is 11.3 Å². The maximum Gasteiger partial charge on any atom is 0.319 e. The van der Waals surface area contributed by atoms with Crippen LogP contribution in [0.1, 0.15) is 0 Å². The Labute approximate surface area is 157 Å². The molecule has 134 valence electrons. The number of carbonyl (C=O) groups excluding carboxylic acids is 1. The summed E-state index contributed by atoms with van der Waals surface area (Å²) in [5.41, 5.74) is 3.41. The predicted molar refractivity (Wildman–Crippen MR) is 106 cm³/mol. The first-order valence-electron chi connectivity index (χ1n) is 8.41. The normalized spacial score (nSPS) is 10.5. The van der Waals surface area contributed by atoms with Crippen LogP contribution < -0.4 is 10.1 Å². The maximum atomic E-state index is 11.1. The van der Waals surface area contributed by atoms with Gasteiger partial charge < -0.3 is 14.8 Å². The molecule has 1 aromatic heterocycles. The molecule has 0 amide bonds. The molecule has 1 N–H and O–H groups in total. The van der Waals surface area contributed by atoms with Crippen LogP contribution in [0.15, 0.2) is 66.0 Å². The Bertz CT molecular complexity index is 832. The Morgan fingerprint density at radius 3 is 2.62 bits per heavy atom. The van der Waals surface area contributed by atoms with E-state index in [1.165, 1.54) is 17.6 Å². The fourth-order valence-corrected chi connectivity index (χ4v) is 3.33. The van der Waals surface area contributed by atoms with Crippen molar-refractivity contribution in [2.45, 2.75) is 0 Å². The third-order valence-electron chi connectivity index (χ3n) is 3.91. The second-order valence-corrected chi connectivity index (χ2v) is 6.60. The minimum atomic E-state index is -0.281. The van der Waals surface area contributed by atoms with Crippen LogP contribution in [0.3, 0.4) is 0 Å². The van der Waals surface area contributed by atoms with Gasteiger partial charge in [0.05, 0.1) is 13.7 Å². The molecule has 3 aromatic rings. The standard InChI is InChI=1S/C21H21NO3S/c1-24-21(23)15-22-11-12-25-19-10-9-17(16-6-3-2-4-7-16)14-18(19)20-8-5-13-26-20/h2-10,13-14,22H,11-12,15H2,1H3. The van der Waals surface area contributed by atoms with Crippen molar-refractivity contribution in [2.75, 3.05) is 26.8 Å². The van der Waals surface area contributed by atoms with Crippen LogP contribution in [-0.4, -0.2) is 32.8 Å². The van der Waals surface area contributed by atoms with Crippen LogP contribution in [0, 0.1) is 0 Å². The monoisotopic (exact) mass is 367 g/mol. The Kier molecular flexibility index (Phi) is 6.41. The molecule has 0 saturated carbocycles. The highest BCUT2D eigenvalue weighted by atomic mass is 32.1. The maximum absolute atomic E-state index is 11.1. The van der Waals surface area contributed by atoms with Crippen molar-refractivity contribution in [3.05, 3.63) is 66.0 Å². The minimum absolute atomic E-state index is 0.185. The zero-order valence-electron chi connectivity index (χ0n) is 14.6. The third kappa shape index (κ3) is 4.71. The van der Waals surface area contributed by atoms with Crippen molar-refractivity contribution >= 4 is 17.3 Å². The van der Waals surface area contributed by atoms with Crippen LogP contribution in [0.4, 0.5) is 0 Å². The van der Waals surface area contributed by atoms with Gasteiger partial charge in [-0.15, -0.1) is 11.3 Å². The number of benzene rings is 2. The molecule has 0 spiro atoms. The van der Waals surface area contributed by atoms with Crippen molar-refractivity contribution in [2.24, 2.45) is 0 Å². The number of hydrogen-bond acceptors (Lipinski definition) is 5. The Morgan fingerprint density at radius 2 is 1.88 bits per heavy atom. The fourth-order valence-electron chi connectivity index (χ4n) is 2.59. The SMILES string of the molecule is COC(=O)CNCCOc1ccc(-c2ccccc2)cc1-c1cccs1. The van der Waals surface area contributed by atoms with Crippen LogP contribution in [0.25, 0.3) is 21.6 Å². The van der Waals surface area contributed by atoms with Gasteiger partial charge in [-0.2, -0.15) is 0 Å². The molecule has 0 fully saturated rings. The molecule has 5 heteroatoms. The molecule has 0 aliphatic carbocycles. The summed E-state index contributed by atoms with van der Waals surface area (Å²) in [6, 6.07) is 20.7. The van der Waals surface area contributed by atoms with E-state index in [2.05, 4.69) is 45.8 Å². The highest BCUT2D eigenvalue weighted by molar-refractivity contribution is 7.13. The molecule has 2 aromatic carbocycles. The van der Waals surface area contributed by atoms with Crippen molar-refractivity contribution in [3.8, 4) is 27.3 Å². The van der Waals surface area contributed by atoms with Gasteiger partial charge in [0, 0.05) is 17.0 Å². The molecular formula is C21H21NO3S. The van der Waals surface area contributed by atoms with E-state index in [0.29, 0.717) is 13.2 Å². The quantitative estimate of drug-likeness (QED) is 0.478. The number of nitrogens with one attached hydrogen (secondary N) is 1. The Hall–Kier alpha value is -2.63. The van der Waals surface area contributed by atoms with E-state index in [9.17, 15) is 4.79 Å². The van der Waals surface area contributed by atoms with E-state index in [0.717, 1.165) is 16.9 Å². The first-order chi connectivity index (χ1) is 12.8. The topological polar surface area (TPSA) is 47.6 Å². The van der Waals surface area contributed by atoms with E-state index in [4.69, 9.17) is 4.74 Å². The molecule has 0 unspecified atom stereocenters. The summed E-state index contributed by atoms with van der Waals surface area (Å²) < 4.78 is 10.6. The van der Waals surface area contributed by atoms with Crippen LogP contribution in [-0.2, 0) is 9.53 Å². The van der Waals surface area contributed by atoms with Crippen molar-refractivity contribution < 1.29 is 14.3 Å². The summed E-state index contributed by atoms with van der Waals surface area (Å²) in [6.45, 7) is 1.23. The number of hydrogen-bond donors (Lipinski definition) is 1. The molecule has 0 aliphatic heterocycles. The van der Waals surface area contributed by atoms with Crippen molar-refractivity contribution in [1.82, 2.24) is 5.32 Å². The number of carbonyl (C=O) groups is 1. The van der Waals surface area contributed by atoms with E-state index < -0.39 is 0 Å². The molecule has 4 nitrogen and oxygen atoms in total. The predicted octanol–water partition coefficient (Wildman–Crippen LogP) is 4.22.